The molecular weight excluding hydrogens is 304 g/mol. The van der Waals surface area contributed by atoms with E-state index in [1.54, 1.807) is 6.92 Å². The molecule has 1 rings (SSSR count). The summed E-state index contributed by atoms with van der Waals surface area (Å²) in [5.74, 6) is -1.16. The lowest BCUT2D eigenvalue weighted by Crippen LogP contribution is -2.35. The molecule has 0 heterocycles. The molecule has 0 aliphatic carbocycles. The van der Waals surface area contributed by atoms with E-state index in [0.717, 1.165) is 12.5 Å². The van der Waals surface area contributed by atoms with Gasteiger partial charge in [-0.05, 0) is 32.4 Å². The summed E-state index contributed by atoms with van der Waals surface area (Å²) >= 11 is 0. The van der Waals surface area contributed by atoms with Crippen molar-refractivity contribution in [2.24, 2.45) is 0 Å². The highest BCUT2D eigenvalue weighted by Crippen LogP contribution is 2.28. The molecular formula is C15H20N2O6. The fourth-order valence-electron chi connectivity index (χ4n) is 1.70. The van der Waals surface area contributed by atoms with Crippen LogP contribution in [0, 0.1) is 10.1 Å². The third-order valence-corrected chi connectivity index (χ3v) is 3.05. The Bertz CT molecular complexity index is 587. The summed E-state index contributed by atoms with van der Waals surface area (Å²) in [6.45, 7) is 5.26. The van der Waals surface area contributed by atoms with Gasteiger partial charge in [0, 0.05) is 12.1 Å². The van der Waals surface area contributed by atoms with Crippen LogP contribution in [0.3, 0.4) is 0 Å². The number of nitrogens with zero attached hydrogens (tertiary/aromatic N) is 1. The number of nitro benzene ring substituents is 1. The molecule has 0 fully saturated rings. The topological polar surface area (TPSA) is 108 Å². The van der Waals surface area contributed by atoms with Crippen LogP contribution in [0.4, 0.5) is 5.69 Å². The average Bonchev–Trinajstić information content (AvgIpc) is 2.52. The summed E-state index contributed by atoms with van der Waals surface area (Å²) in [4.78, 5) is 33.8. The van der Waals surface area contributed by atoms with E-state index in [0.29, 0.717) is 0 Å². The van der Waals surface area contributed by atoms with Crippen LogP contribution in [0.5, 0.6) is 5.75 Å². The number of carbonyl (C=O) groups is 2. The molecule has 23 heavy (non-hydrogen) atoms. The van der Waals surface area contributed by atoms with Crippen molar-refractivity contribution in [3.8, 4) is 5.75 Å². The first kappa shape index (κ1) is 18.4. The van der Waals surface area contributed by atoms with E-state index in [1.165, 1.54) is 12.1 Å². The molecule has 0 unspecified atom stereocenters. The summed E-state index contributed by atoms with van der Waals surface area (Å²) < 4.78 is 9.98. The Morgan fingerprint density at radius 1 is 1.35 bits per heavy atom. The summed E-state index contributed by atoms with van der Waals surface area (Å²) in [5.41, 5.74) is -0.346. The molecule has 0 aliphatic heterocycles. The zero-order valence-electron chi connectivity index (χ0n) is 13.3. The third kappa shape index (κ3) is 5.57. The Labute approximate surface area is 133 Å². The van der Waals surface area contributed by atoms with Gasteiger partial charge in [-0.2, -0.15) is 0 Å². The quantitative estimate of drug-likeness (QED) is 0.445. The minimum atomic E-state index is -0.810. The van der Waals surface area contributed by atoms with E-state index in [1.807, 2.05) is 13.8 Å². The van der Waals surface area contributed by atoms with E-state index < -0.39 is 23.4 Å². The van der Waals surface area contributed by atoms with Crippen LogP contribution in [0.1, 0.15) is 37.6 Å². The number of carbonyl (C=O) groups excluding carboxylic acids is 2. The second-order valence-electron chi connectivity index (χ2n) is 4.83. The lowest BCUT2D eigenvalue weighted by molar-refractivity contribution is -0.385. The Morgan fingerprint density at radius 3 is 2.61 bits per heavy atom. The van der Waals surface area contributed by atoms with Crippen LogP contribution in [0.25, 0.3) is 0 Å². The standard InChI is InChI=1S/C15H20N2O6/c1-4-10(3)16-14(18)9-23-15(19)11-6-7-13(22-5-2)12(8-11)17(20)21/h6-8,10H,4-5,9H2,1-3H3,(H,16,18)/t10-/m0/s1. The van der Waals surface area contributed by atoms with E-state index in [2.05, 4.69) is 5.32 Å². The van der Waals surface area contributed by atoms with Gasteiger partial charge in [-0.15, -0.1) is 0 Å². The van der Waals surface area contributed by atoms with Gasteiger partial charge in [0.1, 0.15) is 0 Å². The second kappa shape index (κ2) is 8.72. The van der Waals surface area contributed by atoms with Gasteiger partial charge in [0.2, 0.25) is 0 Å². The van der Waals surface area contributed by atoms with E-state index in [9.17, 15) is 19.7 Å². The SMILES string of the molecule is CCOc1ccc(C(=O)OCC(=O)N[C@@H](C)CC)cc1[N+](=O)[O-]. The largest absolute Gasteiger partial charge is 0.487 e. The monoisotopic (exact) mass is 324 g/mol. The molecule has 0 aromatic heterocycles. The fraction of sp³-hybridized carbons (Fsp3) is 0.467. The van der Waals surface area contributed by atoms with Gasteiger partial charge in [0.05, 0.1) is 17.1 Å². The molecule has 126 valence electrons. The maximum absolute atomic E-state index is 11.9. The van der Waals surface area contributed by atoms with Crippen molar-refractivity contribution in [3.05, 3.63) is 33.9 Å². The summed E-state index contributed by atoms with van der Waals surface area (Å²) in [6, 6.07) is 3.73. The van der Waals surface area contributed by atoms with Crippen LogP contribution in [-0.4, -0.2) is 36.1 Å². The molecule has 1 atom stereocenters. The van der Waals surface area contributed by atoms with Crippen LogP contribution < -0.4 is 10.1 Å². The zero-order chi connectivity index (χ0) is 17.4. The molecule has 0 aliphatic rings. The van der Waals surface area contributed by atoms with Gasteiger partial charge in [-0.25, -0.2) is 4.79 Å². The van der Waals surface area contributed by atoms with Crippen molar-refractivity contribution >= 4 is 17.6 Å². The van der Waals surface area contributed by atoms with E-state index in [4.69, 9.17) is 9.47 Å². The molecule has 1 N–H and O–H groups in total. The first-order valence-corrected chi connectivity index (χ1v) is 7.26. The van der Waals surface area contributed by atoms with Crippen molar-refractivity contribution < 1.29 is 24.0 Å². The van der Waals surface area contributed by atoms with Crippen molar-refractivity contribution in [2.75, 3.05) is 13.2 Å². The van der Waals surface area contributed by atoms with Gasteiger partial charge in [0.25, 0.3) is 5.91 Å². The van der Waals surface area contributed by atoms with Crippen LogP contribution >= 0.6 is 0 Å². The minimum Gasteiger partial charge on any atom is -0.487 e. The van der Waals surface area contributed by atoms with E-state index in [-0.39, 0.29) is 29.6 Å². The number of nitro groups is 1. The average molecular weight is 324 g/mol. The number of hydrogen-bond donors (Lipinski definition) is 1. The second-order valence-corrected chi connectivity index (χ2v) is 4.83. The first-order chi connectivity index (χ1) is 10.9. The van der Waals surface area contributed by atoms with Gasteiger partial charge in [0.15, 0.2) is 12.4 Å². The predicted octanol–water partition coefficient (Wildman–Crippen LogP) is 2.06. The maximum Gasteiger partial charge on any atom is 0.338 e. The highest BCUT2D eigenvalue weighted by molar-refractivity contribution is 5.92. The molecule has 0 spiro atoms. The van der Waals surface area contributed by atoms with Gasteiger partial charge in [-0.1, -0.05) is 6.92 Å². The van der Waals surface area contributed by atoms with Gasteiger partial charge >= 0.3 is 11.7 Å². The molecule has 0 radical (unpaired) electrons. The van der Waals surface area contributed by atoms with Crippen LogP contribution in [0.15, 0.2) is 18.2 Å². The number of esters is 1. The molecule has 0 bridgehead atoms. The van der Waals surface area contributed by atoms with E-state index >= 15 is 0 Å². The number of amides is 1. The lowest BCUT2D eigenvalue weighted by Gasteiger charge is -2.11. The van der Waals surface area contributed by atoms with Crippen molar-refractivity contribution in [3.63, 3.8) is 0 Å². The number of benzene rings is 1. The van der Waals surface area contributed by atoms with Crippen LogP contribution in [-0.2, 0) is 9.53 Å². The Hall–Kier alpha value is -2.64. The first-order valence-electron chi connectivity index (χ1n) is 7.26. The molecule has 1 amide bonds. The lowest BCUT2D eigenvalue weighted by atomic mass is 10.2. The Morgan fingerprint density at radius 2 is 2.04 bits per heavy atom. The zero-order valence-corrected chi connectivity index (χ0v) is 13.3. The molecule has 1 aromatic rings. The molecule has 0 saturated heterocycles. The molecule has 0 saturated carbocycles. The summed E-state index contributed by atoms with van der Waals surface area (Å²) in [5, 5.41) is 13.6. The Kier molecular flexibility index (Phi) is 6.98. The number of hydrogen-bond acceptors (Lipinski definition) is 6. The molecule has 1 aromatic carbocycles. The minimum absolute atomic E-state index is 0.0171. The predicted molar refractivity (Wildman–Crippen MR) is 82.4 cm³/mol. The Balaban J connectivity index is 2.75. The van der Waals surface area contributed by atoms with Crippen molar-refractivity contribution in [2.45, 2.75) is 33.2 Å². The normalized spacial score (nSPS) is 11.4. The van der Waals surface area contributed by atoms with Crippen molar-refractivity contribution in [1.29, 1.82) is 0 Å². The van der Waals surface area contributed by atoms with Gasteiger partial charge < -0.3 is 14.8 Å². The number of nitrogens with one attached hydrogen (secondary N) is 1. The molecule has 8 nitrogen and oxygen atoms in total. The number of ether oxygens (including phenoxy) is 2. The molecule has 8 heteroatoms. The highest BCUT2D eigenvalue weighted by Gasteiger charge is 2.20. The third-order valence-electron chi connectivity index (χ3n) is 3.05. The highest BCUT2D eigenvalue weighted by atomic mass is 16.6. The summed E-state index contributed by atoms with van der Waals surface area (Å²) in [7, 11) is 0. The van der Waals surface area contributed by atoms with Crippen LogP contribution in [0.2, 0.25) is 0 Å². The van der Waals surface area contributed by atoms with Gasteiger partial charge in [-0.3, -0.25) is 14.9 Å². The smallest absolute Gasteiger partial charge is 0.338 e. The maximum atomic E-state index is 11.9. The van der Waals surface area contributed by atoms with Crippen molar-refractivity contribution in [1.82, 2.24) is 5.32 Å². The fourth-order valence-corrected chi connectivity index (χ4v) is 1.70. The number of rotatable bonds is 8. The summed E-state index contributed by atoms with van der Waals surface area (Å²) in [6.07, 6.45) is 0.755.